The van der Waals surface area contributed by atoms with Crippen molar-refractivity contribution in [2.24, 2.45) is 11.8 Å². The van der Waals surface area contributed by atoms with Crippen LogP contribution in [-0.4, -0.2) is 54.9 Å². The van der Waals surface area contributed by atoms with Gasteiger partial charge in [0, 0.05) is 36.9 Å². The lowest BCUT2D eigenvalue weighted by atomic mass is 10.0. The summed E-state index contributed by atoms with van der Waals surface area (Å²) in [5, 5.41) is 11.4. The molecule has 1 saturated heterocycles. The number of aryl methyl sites for hydroxylation is 1. The smallest absolute Gasteiger partial charge is 0.368 e. The molecular formula is C23H22F3N7O. The number of likely N-dealkylation sites (tertiary alicyclic amines) is 1. The van der Waals surface area contributed by atoms with Crippen LogP contribution in [0.3, 0.4) is 0 Å². The standard InChI is InChI=1S/C23H22F3N7O/c1-13-3-5-19(33-29-7-8-30-33)21(31-13)22(34)32-12-18-14(2)17(18)9-16(32)11-28-20-6-4-15(10-27-20)23(24,25)26/h3-8,10,16-18H,2,9,11-12H2,1H3,(H,27,28)/t16-,17-,18+/m0/s1. The van der Waals surface area contributed by atoms with Crippen molar-refractivity contribution < 1.29 is 18.0 Å². The summed E-state index contributed by atoms with van der Waals surface area (Å²) < 4.78 is 38.4. The molecule has 2 fully saturated rings. The van der Waals surface area contributed by atoms with Gasteiger partial charge in [0.1, 0.15) is 11.5 Å². The molecule has 1 saturated carbocycles. The van der Waals surface area contributed by atoms with E-state index in [1.165, 1.54) is 23.3 Å². The van der Waals surface area contributed by atoms with Crippen LogP contribution >= 0.6 is 0 Å². The highest BCUT2D eigenvalue weighted by atomic mass is 19.4. The van der Waals surface area contributed by atoms with Crippen LogP contribution < -0.4 is 5.32 Å². The fraction of sp³-hybridized carbons (Fsp3) is 0.348. The summed E-state index contributed by atoms with van der Waals surface area (Å²) >= 11 is 0. The molecule has 1 aliphatic carbocycles. The van der Waals surface area contributed by atoms with Crippen LogP contribution in [-0.2, 0) is 6.18 Å². The van der Waals surface area contributed by atoms with E-state index in [4.69, 9.17) is 0 Å². The number of aromatic nitrogens is 5. The minimum Gasteiger partial charge on any atom is -0.368 e. The van der Waals surface area contributed by atoms with Crippen LogP contribution in [0.1, 0.15) is 28.2 Å². The van der Waals surface area contributed by atoms with Gasteiger partial charge in [-0.1, -0.05) is 12.2 Å². The molecule has 8 nitrogen and oxygen atoms in total. The molecule has 0 unspecified atom stereocenters. The highest BCUT2D eigenvalue weighted by Gasteiger charge is 2.50. The van der Waals surface area contributed by atoms with Gasteiger partial charge in [0.05, 0.1) is 18.0 Å². The second kappa shape index (κ2) is 8.23. The Kier molecular flexibility index (Phi) is 5.34. The number of nitrogens with zero attached hydrogens (tertiary/aromatic N) is 6. The molecule has 2 aliphatic rings. The van der Waals surface area contributed by atoms with E-state index in [1.807, 2.05) is 0 Å². The van der Waals surface area contributed by atoms with E-state index in [1.54, 1.807) is 24.0 Å². The second-order valence-corrected chi connectivity index (χ2v) is 8.58. The van der Waals surface area contributed by atoms with Crippen molar-refractivity contribution in [1.29, 1.82) is 0 Å². The first-order chi connectivity index (χ1) is 16.2. The Labute approximate surface area is 193 Å². The van der Waals surface area contributed by atoms with Crippen molar-refractivity contribution in [3.05, 3.63) is 72.0 Å². The molecule has 0 radical (unpaired) electrons. The van der Waals surface area contributed by atoms with E-state index >= 15 is 0 Å². The van der Waals surface area contributed by atoms with Crippen molar-refractivity contribution in [2.45, 2.75) is 25.6 Å². The lowest BCUT2D eigenvalue weighted by Gasteiger charge is -2.35. The number of carbonyl (C=O) groups is 1. The maximum atomic E-state index is 13.7. The number of carbonyl (C=O) groups excluding carboxylic acids is 1. The summed E-state index contributed by atoms with van der Waals surface area (Å²) in [6, 6.07) is 5.62. The van der Waals surface area contributed by atoms with Crippen molar-refractivity contribution in [3.8, 4) is 5.69 Å². The Bertz CT molecular complexity index is 1220. The molecule has 4 heterocycles. The Balaban J connectivity index is 1.38. The van der Waals surface area contributed by atoms with E-state index in [-0.39, 0.29) is 23.6 Å². The summed E-state index contributed by atoms with van der Waals surface area (Å²) in [5.74, 6) is 0.656. The number of halogens is 3. The van der Waals surface area contributed by atoms with Gasteiger partial charge in [-0.25, -0.2) is 9.97 Å². The summed E-state index contributed by atoms with van der Waals surface area (Å²) in [6.07, 6.45) is 0.117. The Morgan fingerprint density at radius 1 is 1.18 bits per heavy atom. The van der Waals surface area contributed by atoms with E-state index in [2.05, 4.69) is 32.1 Å². The topological polar surface area (TPSA) is 88.8 Å². The van der Waals surface area contributed by atoms with E-state index < -0.39 is 11.7 Å². The number of anilines is 1. The van der Waals surface area contributed by atoms with Crippen LogP contribution in [0.25, 0.3) is 5.69 Å². The van der Waals surface area contributed by atoms with Gasteiger partial charge in [-0.05, 0) is 43.5 Å². The molecule has 176 valence electrons. The van der Waals surface area contributed by atoms with Crippen LogP contribution in [0.5, 0.6) is 0 Å². The molecule has 0 bridgehead atoms. The van der Waals surface area contributed by atoms with E-state index in [0.717, 1.165) is 17.8 Å². The van der Waals surface area contributed by atoms with Crippen LogP contribution in [0.4, 0.5) is 19.0 Å². The average Bonchev–Trinajstić information content (AvgIpc) is 3.19. The molecule has 34 heavy (non-hydrogen) atoms. The van der Waals surface area contributed by atoms with Gasteiger partial charge in [-0.2, -0.15) is 23.4 Å². The van der Waals surface area contributed by atoms with Gasteiger partial charge in [0.15, 0.2) is 5.69 Å². The third-order valence-corrected chi connectivity index (χ3v) is 6.41. The molecule has 3 atom stereocenters. The number of hydrogen-bond donors (Lipinski definition) is 1. The van der Waals surface area contributed by atoms with E-state index in [9.17, 15) is 18.0 Å². The molecule has 11 heteroatoms. The molecule has 0 aromatic carbocycles. The summed E-state index contributed by atoms with van der Waals surface area (Å²) in [6.45, 7) is 6.77. The third-order valence-electron chi connectivity index (χ3n) is 6.41. The Morgan fingerprint density at radius 3 is 2.62 bits per heavy atom. The number of rotatable bonds is 5. The number of alkyl halides is 3. The molecule has 1 N–H and O–H groups in total. The largest absolute Gasteiger partial charge is 0.417 e. The maximum Gasteiger partial charge on any atom is 0.417 e. The monoisotopic (exact) mass is 469 g/mol. The Morgan fingerprint density at radius 2 is 1.94 bits per heavy atom. The minimum atomic E-state index is -4.44. The zero-order valence-corrected chi connectivity index (χ0v) is 18.3. The molecule has 3 aromatic rings. The molecule has 3 aromatic heterocycles. The first-order valence-electron chi connectivity index (χ1n) is 10.8. The summed E-state index contributed by atoms with van der Waals surface area (Å²) in [5.41, 5.74) is 1.73. The van der Waals surface area contributed by atoms with Crippen molar-refractivity contribution in [2.75, 3.05) is 18.4 Å². The van der Waals surface area contributed by atoms with E-state index in [0.29, 0.717) is 42.6 Å². The lowest BCUT2D eigenvalue weighted by molar-refractivity contribution is -0.137. The van der Waals surface area contributed by atoms with Crippen LogP contribution in [0.15, 0.2) is 55.0 Å². The number of piperidine rings is 1. The number of hydrogen-bond acceptors (Lipinski definition) is 6. The number of fused-ring (bicyclic) bond motifs is 1. The zero-order chi connectivity index (χ0) is 24.0. The molecular weight excluding hydrogens is 447 g/mol. The quantitative estimate of drug-likeness (QED) is 0.576. The van der Waals surface area contributed by atoms with Gasteiger partial charge in [0.25, 0.3) is 5.91 Å². The first-order valence-corrected chi connectivity index (χ1v) is 10.8. The number of nitrogens with one attached hydrogen (secondary N) is 1. The Hall–Kier alpha value is -3.76. The lowest BCUT2D eigenvalue weighted by Crippen LogP contribution is -2.48. The van der Waals surface area contributed by atoms with Crippen molar-refractivity contribution in [1.82, 2.24) is 29.9 Å². The van der Waals surface area contributed by atoms with Gasteiger partial charge >= 0.3 is 6.18 Å². The second-order valence-electron chi connectivity index (χ2n) is 8.58. The highest BCUT2D eigenvalue weighted by molar-refractivity contribution is 5.96. The highest BCUT2D eigenvalue weighted by Crippen LogP contribution is 2.51. The maximum absolute atomic E-state index is 13.7. The summed E-state index contributed by atoms with van der Waals surface area (Å²) in [4.78, 5) is 25.2. The predicted octanol–water partition coefficient (Wildman–Crippen LogP) is 3.51. The fourth-order valence-electron chi connectivity index (χ4n) is 4.46. The number of pyridine rings is 2. The number of amides is 1. The van der Waals surface area contributed by atoms with Gasteiger partial charge < -0.3 is 10.2 Å². The molecule has 5 rings (SSSR count). The molecule has 1 aliphatic heterocycles. The summed E-state index contributed by atoms with van der Waals surface area (Å²) in [7, 11) is 0. The van der Waals surface area contributed by atoms with Crippen molar-refractivity contribution >= 4 is 11.7 Å². The fourth-order valence-corrected chi connectivity index (χ4v) is 4.46. The minimum absolute atomic E-state index is 0.210. The van der Waals surface area contributed by atoms with Crippen LogP contribution in [0.2, 0.25) is 0 Å². The first kappa shape index (κ1) is 22.1. The average molecular weight is 469 g/mol. The van der Waals surface area contributed by atoms with Gasteiger partial charge in [-0.3, -0.25) is 4.79 Å². The third kappa shape index (κ3) is 4.13. The SMILES string of the molecule is C=C1[C@H]2CN(C(=O)c3nc(C)ccc3-n3nccn3)[C@H](CNc3ccc(C(F)(F)F)cn3)C[C@@H]12. The van der Waals surface area contributed by atoms with Gasteiger partial charge in [-0.15, -0.1) is 4.80 Å². The van der Waals surface area contributed by atoms with Crippen molar-refractivity contribution in [3.63, 3.8) is 0 Å². The molecule has 1 amide bonds. The zero-order valence-electron chi connectivity index (χ0n) is 18.3. The van der Waals surface area contributed by atoms with Crippen LogP contribution in [0, 0.1) is 18.8 Å². The molecule has 0 spiro atoms. The van der Waals surface area contributed by atoms with Gasteiger partial charge in [0.2, 0.25) is 0 Å². The normalized spacial score (nSPS) is 21.8. The predicted molar refractivity (Wildman–Crippen MR) is 117 cm³/mol.